The van der Waals surface area contributed by atoms with Gasteiger partial charge in [0, 0.05) is 24.7 Å². The molecular formula is C30H40F3N3O5. The molecule has 226 valence electrons. The molecule has 1 saturated heterocycles. The molecule has 0 atom stereocenters. The molecule has 0 radical (unpaired) electrons. The van der Waals surface area contributed by atoms with Crippen LogP contribution in [0.1, 0.15) is 74.9 Å². The zero-order valence-corrected chi connectivity index (χ0v) is 24.0. The van der Waals surface area contributed by atoms with E-state index in [1.54, 1.807) is 0 Å². The quantitative estimate of drug-likeness (QED) is 0.453. The highest BCUT2D eigenvalue weighted by molar-refractivity contribution is 5.96. The van der Waals surface area contributed by atoms with Gasteiger partial charge in [0.05, 0.1) is 23.8 Å². The van der Waals surface area contributed by atoms with Crippen molar-refractivity contribution in [3.05, 3.63) is 59.2 Å². The first-order valence-electron chi connectivity index (χ1n) is 14.2. The lowest BCUT2D eigenvalue weighted by Crippen LogP contribution is -2.63. The molecule has 3 aliphatic rings. The van der Waals surface area contributed by atoms with Crippen molar-refractivity contribution in [2.24, 2.45) is 0 Å². The number of halogens is 3. The van der Waals surface area contributed by atoms with E-state index in [1.807, 2.05) is 45.9 Å². The number of benzene rings is 2. The standard InChI is InChI=1S/C26H28F3N3O5.2C2H6/c27-26(28,29)18-3-1-2-16(10-18)24(34)30-12-23(33)31-19-13-32(14-19)20-6-8-25(35,9-7-20)17-4-5-21-22(11-17)37-15-36-21;2*1-2/h1-5,10-11,19-20,35H,6-9,12-15H2,(H,30,34)(H,31,33);2*1-2H3. The monoisotopic (exact) mass is 579 g/mol. The summed E-state index contributed by atoms with van der Waals surface area (Å²) in [5.74, 6) is 0.199. The van der Waals surface area contributed by atoms with Gasteiger partial charge in [-0.2, -0.15) is 13.2 Å². The number of likely N-dealkylation sites (tertiary alicyclic amines) is 1. The highest BCUT2D eigenvalue weighted by Crippen LogP contribution is 2.43. The number of rotatable bonds is 6. The van der Waals surface area contributed by atoms with Crippen LogP contribution in [0.15, 0.2) is 42.5 Å². The lowest BCUT2D eigenvalue weighted by atomic mass is 9.76. The SMILES string of the molecule is CC.CC.O=C(CNC(=O)c1cccc(C(F)(F)F)c1)NC1CN(C2CCC(O)(c3ccc4c(c3)OCO4)CC2)C1. The topological polar surface area (TPSA) is 100 Å². The Balaban J connectivity index is 0.00000111. The van der Waals surface area contributed by atoms with Gasteiger partial charge in [0.25, 0.3) is 5.91 Å². The summed E-state index contributed by atoms with van der Waals surface area (Å²) in [5.41, 5.74) is -1.16. The smallest absolute Gasteiger partial charge is 0.416 e. The minimum atomic E-state index is -4.55. The number of aliphatic hydroxyl groups is 1. The zero-order valence-electron chi connectivity index (χ0n) is 24.0. The van der Waals surface area contributed by atoms with Gasteiger partial charge in [-0.3, -0.25) is 14.5 Å². The van der Waals surface area contributed by atoms with Crippen LogP contribution in [0.5, 0.6) is 11.5 Å². The summed E-state index contributed by atoms with van der Waals surface area (Å²) in [7, 11) is 0. The Kier molecular flexibility index (Phi) is 11.0. The number of carbonyl (C=O) groups is 2. The van der Waals surface area contributed by atoms with E-state index in [0.717, 1.165) is 36.6 Å². The van der Waals surface area contributed by atoms with Crippen molar-refractivity contribution in [2.75, 3.05) is 26.4 Å². The van der Waals surface area contributed by atoms with Crippen LogP contribution in [0.2, 0.25) is 0 Å². The van der Waals surface area contributed by atoms with Crippen molar-refractivity contribution in [3.63, 3.8) is 0 Å². The van der Waals surface area contributed by atoms with Crippen molar-refractivity contribution in [3.8, 4) is 11.5 Å². The summed E-state index contributed by atoms with van der Waals surface area (Å²) >= 11 is 0. The van der Waals surface area contributed by atoms with Crippen LogP contribution >= 0.6 is 0 Å². The molecule has 0 bridgehead atoms. The molecule has 2 heterocycles. The highest BCUT2D eigenvalue weighted by Gasteiger charge is 2.41. The minimum Gasteiger partial charge on any atom is -0.454 e. The van der Waals surface area contributed by atoms with E-state index < -0.39 is 29.2 Å². The highest BCUT2D eigenvalue weighted by atomic mass is 19.4. The minimum absolute atomic E-state index is 0.0624. The van der Waals surface area contributed by atoms with Gasteiger partial charge in [-0.15, -0.1) is 0 Å². The second kappa shape index (κ2) is 14.0. The molecule has 1 saturated carbocycles. The van der Waals surface area contributed by atoms with E-state index >= 15 is 0 Å². The van der Waals surface area contributed by atoms with Crippen molar-refractivity contribution < 1.29 is 37.3 Å². The second-order valence-electron chi connectivity index (χ2n) is 9.81. The van der Waals surface area contributed by atoms with E-state index in [9.17, 15) is 27.9 Å². The lowest BCUT2D eigenvalue weighted by molar-refractivity contribution is -0.137. The summed E-state index contributed by atoms with van der Waals surface area (Å²) in [5, 5.41) is 16.4. The number of hydrogen-bond acceptors (Lipinski definition) is 6. The van der Waals surface area contributed by atoms with Gasteiger partial charge in [0.2, 0.25) is 12.7 Å². The zero-order chi connectivity index (χ0) is 30.2. The van der Waals surface area contributed by atoms with Crippen molar-refractivity contribution in [1.82, 2.24) is 15.5 Å². The first kappa shape index (κ1) is 32.2. The molecule has 0 unspecified atom stereocenters. The number of nitrogens with zero attached hydrogens (tertiary/aromatic N) is 1. The van der Waals surface area contributed by atoms with E-state index in [4.69, 9.17) is 9.47 Å². The van der Waals surface area contributed by atoms with Gasteiger partial charge in [0.15, 0.2) is 11.5 Å². The van der Waals surface area contributed by atoms with Crippen LogP contribution in [0.4, 0.5) is 13.2 Å². The number of nitrogens with one attached hydrogen (secondary N) is 2. The van der Waals surface area contributed by atoms with Crippen LogP contribution < -0.4 is 20.1 Å². The average Bonchev–Trinajstić information content (AvgIpc) is 3.44. The number of alkyl halides is 3. The Bertz CT molecular complexity index is 1180. The number of carbonyl (C=O) groups excluding carboxylic acids is 2. The number of ether oxygens (including phenoxy) is 2. The van der Waals surface area contributed by atoms with Crippen LogP contribution in [-0.2, 0) is 16.6 Å². The first-order chi connectivity index (χ1) is 19.6. The normalized spacial score (nSPS) is 21.8. The summed E-state index contributed by atoms with van der Waals surface area (Å²) in [4.78, 5) is 26.7. The lowest BCUT2D eigenvalue weighted by Gasteiger charge is -2.48. The molecule has 1 aliphatic carbocycles. The molecule has 2 aliphatic heterocycles. The molecule has 2 fully saturated rings. The third kappa shape index (κ3) is 7.91. The molecule has 0 aromatic heterocycles. The van der Waals surface area contributed by atoms with Crippen LogP contribution in [0, 0.1) is 0 Å². The van der Waals surface area contributed by atoms with Crippen LogP contribution in [0.3, 0.4) is 0 Å². The van der Waals surface area contributed by atoms with Crippen molar-refractivity contribution in [1.29, 1.82) is 0 Å². The first-order valence-corrected chi connectivity index (χ1v) is 14.2. The fraction of sp³-hybridized carbons (Fsp3) is 0.533. The summed E-state index contributed by atoms with van der Waals surface area (Å²) in [6.07, 6.45) is -1.68. The number of fused-ring (bicyclic) bond motifs is 1. The fourth-order valence-corrected chi connectivity index (χ4v) is 5.20. The molecule has 3 N–H and O–H groups in total. The van der Waals surface area contributed by atoms with Gasteiger partial charge in [-0.05, 0) is 61.6 Å². The number of hydrogen-bond donors (Lipinski definition) is 3. The number of amides is 2. The molecule has 11 heteroatoms. The van der Waals surface area contributed by atoms with Gasteiger partial charge in [-0.1, -0.05) is 39.8 Å². The molecule has 2 aromatic carbocycles. The summed E-state index contributed by atoms with van der Waals surface area (Å²) in [6.45, 7) is 9.20. The Labute approximate surface area is 239 Å². The fourth-order valence-electron chi connectivity index (χ4n) is 5.20. The molecule has 2 amide bonds. The Morgan fingerprint density at radius 3 is 2.32 bits per heavy atom. The maximum Gasteiger partial charge on any atom is 0.416 e. The molecule has 2 aromatic rings. The predicted octanol–water partition coefficient (Wildman–Crippen LogP) is 4.85. The van der Waals surface area contributed by atoms with E-state index in [2.05, 4.69) is 15.5 Å². The third-order valence-electron chi connectivity index (χ3n) is 7.35. The Hall–Kier alpha value is -3.31. The van der Waals surface area contributed by atoms with Crippen molar-refractivity contribution in [2.45, 2.75) is 77.2 Å². The molecule has 5 rings (SSSR count). The van der Waals surface area contributed by atoms with Crippen LogP contribution in [0.25, 0.3) is 0 Å². The summed E-state index contributed by atoms with van der Waals surface area (Å²) in [6, 6.07) is 9.87. The Morgan fingerprint density at radius 1 is 1.00 bits per heavy atom. The van der Waals surface area contributed by atoms with Gasteiger partial charge in [0.1, 0.15) is 0 Å². The third-order valence-corrected chi connectivity index (χ3v) is 7.35. The van der Waals surface area contributed by atoms with E-state index in [1.165, 1.54) is 6.07 Å². The molecule has 8 nitrogen and oxygen atoms in total. The van der Waals surface area contributed by atoms with Gasteiger partial charge < -0.3 is 25.2 Å². The van der Waals surface area contributed by atoms with Crippen molar-refractivity contribution >= 4 is 11.8 Å². The average molecular weight is 580 g/mol. The molecular weight excluding hydrogens is 539 g/mol. The summed E-state index contributed by atoms with van der Waals surface area (Å²) < 4.78 is 49.3. The predicted molar refractivity (Wildman–Crippen MR) is 149 cm³/mol. The maximum atomic E-state index is 12.8. The van der Waals surface area contributed by atoms with Gasteiger partial charge >= 0.3 is 6.18 Å². The molecule has 0 spiro atoms. The second-order valence-corrected chi connectivity index (χ2v) is 9.81. The van der Waals surface area contributed by atoms with Crippen LogP contribution in [-0.4, -0.2) is 60.3 Å². The van der Waals surface area contributed by atoms with E-state index in [-0.39, 0.29) is 24.9 Å². The van der Waals surface area contributed by atoms with E-state index in [0.29, 0.717) is 43.5 Å². The maximum absolute atomic E-state index is 12.8. The Morgan fingerprint density at radius 2 is 1.66 bits per heavy atom. The largest absolute Gasteiger partial charge is 0.454 e. The van der Waals surface area contributed by atoms with Gasteiger partial charge in [-0.25, -0.2) is 0 Å². The molecule has 41 heavy (non-hydrogen) atoms.